The molecule has 0 bridgehead atoms. The Morgan fingerprint density at radius 1 is 0.902 bits per heavy atom. The van der Waals surface area contributed by atoms with Crippen LogP contribution in [0, 0.1) is 29.6 Å². The van der Waals surface area contributed by atoms with Crippen LogP contribution in [0.1, 0.15) is 93.6 Å². The van der Waals surface area contributed by atoms with Gasteiger partial charge in [0.25, 0.3) is 5.91 Å². The van der Waals surface area contributed by atoms with Crippen LogP contribution >= 0.6 is 0 Å². The van der Waals surface area contributed by atoms with Gasteiger partial charge < -0.3 is 25.4 Å². The Bertz CT molecular complexity index is 1440. The molecule has 7 atom stereocenters. The molecule has 2 amide bonds. The van der Waals surface area contributed by atoms with Gasteiger partial charge in [-0.15, -0.1) is 0 Å². The van der Waals surface area contributed by atoms with Crippen molar-refractivity contribution < 1.29 is 38.0 Å². The van der Waals surface area contributed by atoms with Crippen LogP contribution in [-0.2, 0) is 25.7 Å². The van der Waals surface area contributed by atoms with Crippen LogP contribution in [0.25, 0.3) is 0 Å². The summed E-state index contributed by atoms with van der Waals surface area (Å²) in [6, 6.07) is 17.4. The Hall–Kier alpha value is -3.76. The van der Waals surface area contributed by atoms with Crippen molar-refractivity contribution in [1.29, 1.82) is 0 Å². The summed E-state index contributed by atoms with van der Waals surface area (Å²) in [5, 5.41) is 13.8. The second-order valence-electron chi connectivity index (χ2n) is 16.2. The quantitative estimate of drug-likeness (QED) is 0.0904. The Labute approximate surface area is 305 Å². The zero-order chi connectivity index (χ0) is 37.9. The first-order valence-electron chi connectivity index (χ1n) is 18.8. The highest BCUT2D eigenvalue weighted by Gasteiger charge is 2.44. The molecule has 7 unspecified atom stereocenters. The van der Waals surface area contributed by atoms with Crippen molar-refractivity contribution >= 4 is 23.8 Å². The monoisotopic (exact) mass is 708 g/mol. The Morgan fingerprint density at radius 3 is 2.08 bits per heavy atom. The predicted octanol–water partition coefficient (Wildman–Crippen LogP) is 5.81. The van der Waals surface area contributed by atoms with Crippen molar-refractivity contribution in [3.8, 4) is 0 Å². The molecular formula is C41H64N4O6+2. The van der Waals surface area contributed by atoms with Crippen LogP contribution in [0.15, 0.2) is 54.6 Å². The minimum absolute atomic E-state index is 0.0624. The molecule has 4 N–H and O–H groups in total. The number of rotatable bonds is 20. The van der Waals surface area contributed by atoms with Gasteiger partial charge in [-0.1, -0.05) is 56.3 Å². The number of carboxylic acid groups (broad SMARTS) is 1. The van der Waals surface area contributed by atoms with E-state index >= 15 is 0 Å². The summed E-state index contributed by atoms with van der Waals surface area (Å²) in [4.78, 5) is 51.8. The highest BCUT2D eigenvalue weighted by atomic mass is 16.5. The largest absolute Gasteiger partial charge is 0.481 e. The molecule has 1 fully saturated rings. The fourth-order valence-electron chi connectivity index (χ4n) is 7.38. The van der Waals surface area contributed by atoms with E-state index in [1.165, 1.54) is 5.56 Å². The molecule has 0 aliphatic heterocycles. The van der Waals surface area contributed by atoms with E-state index in [1.807, 2.05) is 46.1 Å². The van der Waals surface area contributed by atoms with Gasteiger partial charge in [0.15, 0.2) is 0 Å². The van der Waals surface area contributed by atoms with E-state index in [0.29, 0.717) is 42.2 Å². The fraction of sp³-hybridized carbons (Fsp3) is 0.610. The molecular weight excluding hydrogens is 644 g/mol. The van der Waals surface area contributed by atoms with Gasteiger partial charge in [-0.2, -0.15) is 0 Å². The standard InChI is InChI=1S/C41H62N4O6/c1-9-30(38(42)46)24-37(40(48)49)36-25-35(43-39(47)32-15-13-12-14-16-32)23-34(36)22-33(21-28(4)41(50)51-27-45(7,8)11-3)31-19-17-29(18-20-31)26-44(5,6)10-2/h12-20,28,30,33-37H,9-11,21-27H2,1-8H3,(H2-2,42,43,46,47,48,49)/p+2. The smallest absolute Gasteiger partial charge is 0.312 e. The summed E-state index contributed by atoms with van der Waals surface area (Å²) in [5.74, 6) is -4.08. The number of nitrogens with two attached hydrogens (primary N) is 1. The van der Waals surface area contributed by atoms with Gasteiger partial charge in [-0.05, 0) is 87.8 Å². The van der Waals surface area contributed by atoms with Crippen LogP contribution in [0.5, 0.6) is 0 Å². The number of primary amides is 1. The summed E-state index contributed by atoms with van der Waals surface area (Å²) in [6.07, 6.45) is 2.85. The molecule has 51 heavy (non-hydrogen) atoms. The number of hydrogen-bond donors (Lipinski definition) is 3. The predicted molar refractivity (Wildman–Crippen MR) is 200 cm³/mol. The molecule has 10 nitrogen and oxygen atoms in total. The van der Waals surface area contributed by atoms with Crippen molar-refractivity contribution in [3.63, 3.8) is 0 Å². The lowest BCUT2D eigenvalue weighted by Crippen LogP contribution is -2.42. The normalized spacial score (nSPS) is 20.2. The fourth-order valence-corrected chi connectivity index (χ4v) is 7.38. The first-order valence-corrected chi connectivity index (χ1v) is 18.8. The highest BCUT2D eigenvalue weighted by molar-refractivity contribution is 5.94. The lowest BCUT2D eigenvalue weighted by atomic mass is 9.73. The Morgan fingerprint density at radius 2 is 1.53 bits per heavy atom. The summed E-state index contributed by atoms with van der Waals surface area (Å²) in [6.45, 7) is 11.0. The molecule has 2 aromatic rings. The van der Waals surface area contributed by atoms with Crippen molar-refractivity contribution in [3.05, 3.63) is 71.3 Å². The highest BCUT2D eigenvalue weighted by Crippen LogP contribution is 2.46. The van der Waals surface area contributed by atoms with E-state index in [2.05, 4.69) is 57.5 Å². The third-order valence-electron chi connectivity index (χ3n) is 11.3. The zero-order valence-electron chi connectivity index (χ0n) is 32.3. The summed E-state index contributed by atoms with van der Waals surface area (Å²) >= 11 is 0. The van der Waals surface area contributed by atoms with Gasteiger partial charge in [0.05, 0.1) is 53.1 Å². The number of nitrogens with zero attached hydrogens (tertiary/aromatic N) is 2. The second-order valence-corrected chi connectivity index (χ2v) is 16.2. The van der Waals surface area contributed by atoms with Gasteiger partial charge >= 0.3 is 11.9 Å². The van der Waals surface area contributed by atoms with Crippen molar-refractivity contribution in [2.45, 2.75) is 84.7 Å². The van der Waals surface area contributed by atoms with Gasteiger partial charge in [0, 0.05) is 23.1 Å². The Balaban J connectivity index is 1.97. The van der Waals surface area contributed by atoms with E-state index in [4.69, 9.17) is 10.5 Å². The van der Waals surface area contributed by atoms with Gasteiger partial charge in [0.2, 0.25) is 12.6 Å². The molecule has 0 heterocycles. The second kappa shape index (κ2) is 18.6. The minimum Gasteiger partial charge on any atom is -0.481 e. The number of ether oxygens (including phenoxy) is 1. The van der Waals surface area contributed by atoms with Gasteiger partial charge in [-0.3, -0.25) is 23.7 Å². The molecule has 0 spiro atoms. The van der Waals surface area contributed by atoms with Crippen LogP contribution in [0.3, 0.4) is 0 Å². The SMILES string of the molecule is CCC(CC(C(=O)O)C1CC(NC(=O)c2ccccc2)CC1CC(CC(C)C(=O)OC[N+](C)(C)CC)c1ccc(C[N+](C)(C)CC)cc1)C(N)=O. The van der Waals surface area contributed by atoms with E-state index < -0.39 is 23.7 Å². The average molecular weight is 709 g/mol. The van der Waals surface area contributed by atoms with E-state index in [9.17, 15) is 24.3 Å². The maximum absolute atomic E-state index is 13.3. The van der Waals surface area contributed by atoms with Crippen LogP contribution in [0.4, 0.5) is 0 Å². The van der Waals surface area contributed by atoms with Gasteiger partial charge in [-0.25, -0.2) is 0 Å². The lowest BCUT2D eigenvalue weighted by molar-refractivity contribution is -0.905. The Kier molecular flexibility index (Phi) is 15.2. The molecule has 0 saturated heterocycles. The first-order chi connectivity index (χ1) is 24.0. The summed E-state index contributed by atoms with van der Waals surface area (Å²) < 4.78 is 7.21. The number of carbonyl (C=O) groups excluding carboxylic acids is 3. The molecule has 10 heteroatoms. The molecule has 0 aromatic heterocycles. The van der Waals surface area contributed by atoms with Gasteiger partial charge in [0.1, 0.15) is 6.54 Å². The third-order valence-corrected chi connectivity index (χ3v) is 11.3. The van der Waals surface area contributed by atoms with E-state index in [-0.39, 0.29) is 54.7 Å². The molecule has 2 aromatic carbocycles. The maximum Gasteiger partial charge on any atom is 0.312 e. The molecule has 282 valence electrons. The number of esters is 1. The minimum atomic E-state index is -0.953. The molecule has 1 aliphatic rings. The first kappa shape index (κ1) is 41.7. The lowest BCUT2D eigenvalue weighted by Gasteiger charge is -2.32. The number of amides is 2. The van der Waals surface area contributed by atoms with Crippen molar-refractivity contribution in [2.24, 2.45) is 35.3 Å². The van der Waals surface area contributed by atoms with Crippen LogP contribution in [0.2, 0.25) is 0 Å². The molecule has 1 aliphatic carbocycles. The molecule has 0 radical (unpaired) electrons. The summed E-state index contributed by atoms with van der Waals surface area (Å²) in [5.41, 5.74) is 8.58. The number of benzene rings is 2. The number of aliphatic carboxylic acids is 1. The third kappa shape index (κ3) is 12.5. The maximum atomic E-state index is 13.3. The van der Waals surface area contributed by atoms with E-state index in [1.54, 1.807) is 12.1 Å². The number of nitrogens with one attached hydrogen (secondary N) is 1. The van der Waals surface area contributed by atoms with Crippen molar-refractivity contribution in [2.75, 3.05) is 48.0 Å². The number of carboxylic acids is 1. The summed E-state index contributed by atoms with van der Waals surface area (Å²) in [7, 11) is 8.45. The number of hydrogen-bond acceptors (Lipinski definition) is 5. The zero-order valence-corrected chi connectivity index (χ0v) is 32.3. The average Bonchev–Trinajstić information content (AvgIpc) is 3.48. The topological polar surface area (TPSA) is 136 Å². The number of quaternary nitrogens is 2. The van der Waals surface area contributed by atoms with Crippen LogP contribution in [-0.4, -0.2) is 91.9 Å². The molecule has 3 rings (SSSR count). The number of carbonyl (C=O) groups is 4. The molecule has 1 saturated carbocycles. The van der Waals surface area contributed by atoms with E-state index in [0.717, 1.165) is 29.7 Å². The van der Waals surface area contributed by atoms with Crippen molar-refractivity contribution in [1.82, 2.24) is 5.32 Å². The van der Waals surface area contributed by atoms with Crippen LogP contribution < -0.4 is 11.1 Å².